The van der Waals surface area contributed by atoms with E-state index in [0.29, 0.717) is 0 Å². The molecule has 0 rings (SSSR count). The molecule has 2 atom stereocenters. The zero-order valence-corrected chi connectivity index (χ0v) is 12.7. The summed E-state index contributed by atoms with van der Waals surface area (Å²) in [6.45, 7) is 2.03. The van der Waals surface area contributed by atoms with E-state index in [4.69, 9.17) is 9.84 Å². The first-order chi connectivity index (χ1) is 8.15. The summed E-state index contributed by atoms with van der Waals surface area (Å²) in [6, 6.07) is 0. The molecule has 0 spiro atoms. The van der Waals surface area contributed by atoms with Gasteiger partial charge in [-0.15, -0.1) is 0 Å². The Labute approximate surface area is 112 Å². The van der Waals surface area contributed by atoms with Crippen LogP contribution in [0.25, 0.3) is 0 Å². The molecule has 0 aliphatic heterocycles. The maximum Gasteiger partial charge on any atom is 0.131 e. The number of aliphatic hydroxyl groups excluding tert-OH is 2. The average Bonchev–Trinajstić information content (AvgIpc) is 2.30. The Bertz CT molecular complexity index is 208. The van der Waals surface area contributed by atoms with Crippen molar-refractivity contribution in [3.8, 4) is 0 Å². The fourth-order valence-electron chi connectivity index (χ4n) is 1.55. The fourth-order valence-corrected chi connectivity index (χ4v) is 3.21. The first-order valence-corrected chi connectivity index (χ1v) is 7.89. The number of thiol groups is 1. The molecule has 5 heteroatoms. The van der Waals surface area contributed by atoms with Crippen LogP contribution in [0.3, 0.4) is 0 Å². The highest BCUT2D eigenvalue weighted by atomic mass is 32.1. The molecule has 0 fully saturated rings. The van der Waals surface area contributed by atoms with Gasteiger partial charge in [0, 0.05) is 12.0 Å². The summed E-state index contributed by atoms with van der Waals surface area (Å²) in [6.07, 6.45) is 6.70. The van der Waals surface area contributed by atoms with Gasteiger partial charge in [0.25, 0.3) is 0 Å². The average molecular weight is 277 g/mol. The number of rotatable bonds is 10. The van der Waals surface area contributed by atoms with Crippen LogP contribution < -0.4 is 0 Å². The van der Waals surface area contributed by atoms with Gasteiger partial charge in [-0.05, 0) is 6.42 Å². The normalized spacial score (nSPS) is 15.9. The van der Waals surface area contributed by atoms with Crippen molar-refractivity contribution in [1.29, 1.82) is 0 Å². The van der Waals surface area contributed by atoms with E-state index in [1.807, 2.05) is 0 Å². The third kappa shape index (κ3) is 8.82. The third-order valence-electron chi connectivity index (χ3n) is 2.65. The van der Waals surface area contributed by atoms with Crippen LogP contribution in [-0.4, -0.2) is 49.4 Å². The molecule has 0 bridgehead atoms. The molecular formula is C12H25O3SSi. The summed E-state index contributed by atoms with van der Waals surface area (Å²) in [7, 11) is 1.72. The van der Waals surface area contributed by atoms with Crippen molar-refractivity contribution in [2.45, 2.75) is 56.4 Å². The quantitative estimate of drug-likeness (QED) is 0.324. The first kappa shape index (κ1) is 17.2. The van der Waals surface area contributed by atoms with E-state index >= 15 is 0 Å². The maximum atomic E-state index is 9.72. The topological polar surface area (TPSA) is 49.7 Å². The summed E-state index contributed by atoms with van der Waals surface area (Å²) in [5.74, 6) is 0. The highest BCUT2D eigenvalue weighted by Gasteiger charge is 2.12. The number of aliphatic hydroxyl groups is 2. The zero-order chi connectivity index (χ0) is 13.1. The van der Waals surface area contributed by atoms with E-state index in [1.165, 1.54) is 32.8 Å². The van der Waals surface area contributed by atoms with Crippen molar-refractivity contribution in [3.05, 3.63) is 0 Å². The Morgan fingerprint density at radius 3 is 2.47 bits per heavy atom. The molecule has 0 saturated heterocycles. The van der Waals surface area contributed by atoms with E-state index in [9.17, 15) is 5.11 Å². The molecule has 17 heavy (non-hydrogen) atoms. The van der Waals surface area contributed by atoms with Crippen LogP contribution >= 0.6 is 12.6 Å². The standard InChI is InChI=1S/C12H25O3SSi/c1-3-4-5-6-7-8-11(16)17-12(14)10(9-13)15-2/h10-11,13-14,16H,3-9H2,1-2H3. The highest BCUT2D eigenvalue weighted by Crippen LogP contribution is 2.09. The Morgan fingerprint density at radius 1 is 1.29 bits per heavy atom. The highest BCUT2D eigenvalue weighted by molar-refractivity contribution is 7.82. The van der Waals surface area contributed by atoms with Gasteiger partial charge in [0.15, 0.2) is 0 Å². The Hall–Kier alpha value is 0.157. The molecule has 2 unspecified atom stereocenters. The second kappa shape index (κ2) is 11.3. The number of ether oxygens (including phenoxy) is 1. The van der Waals surface area contributed by atoms with Crippen LogP contribution in [0.15, 0.2) is 0 Å². The van der Waals surface area contributed by atoms with Gasteiger partial charge in [-0.2, -0.15) is 12.6 Å². The van der Waals surface area contributed by atoms with E-state index in [-0.39, 0.29) is 26.0 Å². The lowest BCUT2D eigenvalue weighted by atomic mass is 10.1. The van der Waals surface area contributed by atoms with E-state index in [0.717, 1.165) is 12.8 Å². The van der Waals surface area contributed by atoms with Crippen LogP contribution in [-0.2, 0) is 4.74 Å². The molecule has 0 aliphatic rings. The number of hydrogen-bond acceptors (Lipinski definition) is 4. The molecule has 0 aromatic rings. The molecule has 0 aliphatic carbocycles. The smallest absolute Gasteiger partial charge is 0.131 e. The van der Waals surface area contributed by atoms with E-state index < -0.39 is 6.10 Å². The molecule has 0 aromatic heterocycles. The van der Waals surface area contributed by atoms with Gasteiger partial charge in [-0.25, -0.2) is 0 Å². The second-order valence-electron chi connectivity index (χ2n) is 4.16. The fraction of sp³-hybridized carbons (Fsp3) is 0.917. The van der Waals surface area contributed by atoms with Crippen molar-refractivity contribution in [1.82, 2.24) is 0 Å². The van der Waals surface area contributed by atoms with Gasteiger partial charge >= 0.3 is 0 Å². The van der Waals surface area contributed by atoms with Crippen molar-refractivity contribution >= 4 is 27.1 Å². The Kier molecular flexibility index (Phi) is 11.4. The molecule has 3 nitrogen and oxygen atoms in total. The molecule has 0 aromatic carbocycles. The minimum atomic E-state index is -0.553. The van der Waals surface area contributed by atoms with Gasteiger partial charge in [-0.1, -0.05) is 39.0 Å². The predicted molar refractivity (Wildman–Crippen MR) is 76.7 cm³/mol. The summed E-state index contributed by atoms with van der Waals surface area (Å²) in [5.41, 5.74) is 0. The van der Waals surface area contributed by atoms with Crippen LogP contribution in [0.4, 0.5) is 0 Å². The molecule has 101 valence electrons. The SMILES string of the molecule is CCCCCCCC(S)[Si]=C(O)C(CO)OC. The Morgan fingerprint density at radius 2 is 1.94 bits per heavy atom. The molecule has 0 heterocycles. The van der Waals surface area contributed by atoms with E-state index in [2.05, 4.69) is 19.6 Å². The van der Waals surface area contributed by atoms with E-state index in [1.54, 1.807) is 0 Å². The number of unbranched alkanes of at least 4 members (excludes halogenated alkanes) is 4. The first-order valence-electron chi connectivity index (χ1n) is 6.29. The molecule has 1 radical (unpaired) electrons. The predicted octanol–water partition coefficient (Wildman–Crippen LogP) is 1.82. The summed E-state index contributed by atoms with van der Waals surface area (Å²) in [4.78, 5) is 0.181. The molecular weight excluding hydrogens is 252 g/mol. The van der Waals surface area contributed by atoms with Gasteiger partial charge in [-0.3, -0.25) is 0 Å². The maximum absolute atomic E-state index is 9.72. The summed E-state index contributed by atoms with van der Waals surface area (Å²) < 4.78 is 4.96. The van der Waals surface area contributed by atoms with Gasteiger partial charge < -0.3 is 14.9 Å². The van der Waals surface area contributed by atoms with Gasteiger partial charge in [0.2, 0.25) is 0 Å². The largest absolute Gasteiger partial charge is 0.515 e. The second-order valence-corrected chi connectivity index (χ2v) is 6.76. The van der Waals surface area contributed by atoms with Crippen LogP contribution in [0.2, 0.25) is 0 Å². The lowest BCUT2D eigenvalue weighted by molar-refractivity contribution is 0.0852. The van der Waals surface area contributed by atoms with Crippen molar-refractivity contribution in [2.24, 2.45) is 0 Å². The number of hydrogen-bond donors (Lipinski definition) is 3. The van der Waals surface area contributed by atoms with Crippen LogP contribution in [0.5, 0.6) is 0 Å². The van der Waals surface area contributed by atoms with Crippen molar-refractivity contribution < 1.29 is 14.9 Å². The van der Waals surface area contributed by atoms with Gasteiger partial charge in [0.1, 0.15) is 6.10 Å². The van der Waals surface area contributed by atoms with Gasteiger partial charge in [0.05, 0.1) is 21.1 Å². The molecule has 0 amide bonds. The van der Waals surface area contributed by atoms with Crippen molar-refractivity contribution in [3.63, 3.8) is 0 Å². The molecule has 2 N–H and O–H groups in total. The Balaban J connectivity index is 3.82. The number of methoxy groups -OCH3 is 1. The molecule has 0 saturated carbocycles. The summed E-state index contributed by atoms with van der Waals surface area (Å²) in [5, 5.41) is 18.9. The zero-order valence-electron chi connectivity index (χ0n) is 10.9. The minimum Gasteiger partial charge on any atom is -0.515 e. The monoisotopic (exact) mass is 277 g/mol. The lowest BCUT2D eigenvalue weighted by Crippen LogP contribution is -2.31. The summed E-state index contributed by atoms with van der Waals surface area (Å²) >= 11 is 4.46. The minimum absolute atomic E-state index is 0.174. The third-order valence-corrected chi connectivity index (χ3v) is 4.54. The van der Waals surface area contributed by atoms with Crippen LogP contribution in [0.1, 0.15) is 45.4 Å². The van der Waals surface area contributed by atoms with Crippen molar-refractivity contribution in [2.75, 3.05) is 13.7 Å². The van der Waals surface area contributed by atoms with Crippen LogP contribution in [0, 0.1) is 0 Å². The lowest BCUT2D eigenvalue weighted by Gasteiger charge is -2.13.